The molecule has 1 N–H and O–H groups in total. The van der Waals surface area contributed by atoms with Crippen molar-refractivity contribution in [1.82, 2.24) is 9.55 Å². The second-order valence-corrected chi connectivity index (χ2v) is 6.38. The van der Waals surface area contributed by atoms with E-state index in [2.05, 4.69) is 54.0 Å². The zero-order valence-electron chi connectivity index (χ0n) is 12.0. The van der Waals surface area contributed by atoms with Gasteiger partial charge in [-0.05, 0) is 32.4 Å². The number of thiophene rings is 1. The minimum absolute atomic E-state index is 0.435. The van der Waals surface area contributed by atoms with Crippen LogP contribution in [0.3, 0.4) is 0 Å². The highest BCUT2D eigenvalue weighted by atomic mass is 32.1. The van der Waals surface area contributed by atoms with Crippen molar-refractivity contribution in [2.75, 3.05) is 11.9 Å². The lowest BCUT2D eigenvalue weighted by Gasteiger charge is -2.16. The van der Waals surface area contributed by atoms with Gasteiger partial charge in [-0.1, -0.05) is 13.3 Å². The van der Waals surface area contributed by atoms with E-state index in [1.165, 1.54) is 22.6 Å². The summed E-state index contributed by atoms with van der Waals surface area (Å²) in [5.41, 5.74) is 0. The Balaban J connectivity index is 1.98. The molecule has 104 valence electrons. The van der Waals surface area contributed by atoms with Crippen molar-refractivity contribution in [2.45, 2.75) is 46.1 Å². The van der Waals surface area contributed by atoms with Crippen molar-refractivity contribution in [2.24, 2.45) is 0 Å². The Bertz CT molecular complexity index is 501. The largest absolute Gasteiger partial charge is 0.356 e. The highest BCUT2D eigenvalue weighted by Crippen LogP contribution is 2.23. The fourth-order valence-corrected chi connectivity index (χ4v) is 3.18. The highest BCUT2D eigenvalue weighted by Gasteiger charge is 2.11. The summed E-state index contributed by atoms with van der Waals surface area (Å²) in [5.74, 6) is 0.995. The van der Waals surface area contributed by atoms with Crippen LogP contribution >= 0.6 is 11.3 Å². The van der Waals surface area contributed by atoms with Gasteiger partial charge in [0.2, 0.25) is 5.95 Å². The molecule has 0 aromatic carbocycles. The summed E-state index contributed by atoms with van der Waals surface area (Å²) in [6, 6.07) is 4.86. The Labute approximate surface area is 119 Å². The quantitative estimate of drug-likeness (QED) is 0.766. The Morgan fingerprint density at radius 2 is 2.26 bits per heavy atom. The highest BCUT2D eigenvalue weighted by molar-refractivity contribution is 7.11. The van der Waals surface area contributed by atoms with Crippen LogP contribution in [0.15, 0.2) is 24.5 Å². The van der Waals surface area contributed by atoms with Gasteiger partial charge in [-0.3, -0.25) is 0 Å². The monoisotopic (exact) mass is 277 g/mol. The average Bonchev–Trinajstić information content (AvgIpc) is 2.99. The molecule has 1 atom stereocenters. The van der Waals surface area contributed by atoms with Crippen molar-refractivity contribution in [3.63, 3.8) is 0 Å². The Kier molecular flexibility index (Phi) is 5.02. The summed E-state index contributed by atoms with van der Waals surface area (Å²) in [7, 11) is 0. The molecule has 2 heterocycles. The molecule has 2 rings (SSSR count). The molecule has 0 amide bonds. The van der Waals surface area contributed by atoms with Gasteiger partial charge in [-0.25, -0.2) is 4.98 Å². The van der Waals surface area contributed by atoms with Crippen molar-refractivity contribution in [3.8, 4) is 0 Å². The first kappa shape index (κ1) is 14.1. The van der Waals surface area contributed by atoms with Gasteiger partial charge in [0.1, 0.15) is 0 Å². The van der Waals surface area contributed by atoms with Gasteiger partial charge < -0.3 is 9.88 Å². The fourth-order valence-electron chi connectivity index (χ4n) is 2.17. The summed E-state index contributed by atoms with van der Waals surface area (Å²) in [6.45, 7) is 7.61. The van der Waals surface area contributed by atoms with Crippen LogP contribution in [0.4, 0.5) is 5.95 Å². The molecule has 0 aliphatic heterocycles. The number of hydrogen-bond acceptors (Lipinski definition) is 3. The van der Waals surface area contributed by atoms with Crippen LogP contribution in [-0.2, 0) is 6.42 Å². The Morgan fingerprint density at radius 1 is 1.42 bits per heavy atom. The van der Waals surface area contributed by atoms with Gasteiger partial charge >= 0.3 is 0 Å². The lowest BCUT2D eigenvalue weighted by molar-refractivity contribution is 0.552. The zero-order valence-corrected chi connectivity index (χ0v) is 12.8. The maximum atomic E-state index is 4.41. The topological polar surface area (TPSA) is 29.9 Å². The Morgan fingerprint density at radius 3 is 2.95 bits per heavy atom. The molecule has 4 heteroatoms. The third-order valence-corrected chi connectivity index (χ3v) is 4.27. The predicted octanol–water partition coefficient (Wildman–Crippen LogP) is 4.27. The van der Waals surface area contributed by atoms with Crippen molar-refractivity contribution >= 4 is 17.3 Å². The molecule has 3 nitrogen and oxygen atoms in total. The van der Waals surface area contributed by atoms with Gasteiger partial charge in [-0.15, -0.1) is 11.3 Å². The molecule has 0 aliphatic rings. The van der Waals surface area contributed by atoms with E-state index >= 15 is 0 Å². The zero-order chi connectivity index (χ0) is 13.7. The number of nitrogens with one attached hydrogen (secondary N) is 1. The van der Waals surface area contributed by atoms with E-state index in [-0.39, 0.29) is 0 Å². The molecular formula is C15H23N3S. The first-order chi connectivity index (χ1) is 9.20. The van der Waals surface area contributed by atoms with Crippen LogP contribution in [0, 0.1) is 6.92 Å². The summed E-state index contributed by atoms with van der Waals surface area (Å²) in [6.07, 6.45) is 7.41. The van der Waals surface area contributed by atoms with Gasteiger partial charge in [0.25, 0.3) is 0 Å². The summed E-state index contributed by atoms with van der Waals surface area (Å²) >= 11 is 1.89. The Hall–Kier alpha value is -1.29. The number of aryl methyl sites for hydroxylation is 1. The third kappa shape index (κ3) is 3.83. The number of hydrogen-bond donors (Lipinski definition) is 1. The number of unbranched alkanes of at least 4 members (excludes halogenated alkanes) is 1. The number of nitrogens with zero attached hydrogens (tertiary/aromatic N) is 2. The molecule has 0 saturated heterocycles. The van der Waals surface area contributed by atoms with E-state index < -0.39 is 0 Å². The third-order valence-electron chi connectivity index (χ3n) is 3.25. The molecule has 2 aromatic heterocycles. The summed E-state index contributed by atoms with van der Waals surface area (Å²) < 4.78 is 2.24. The van der Waals surface area contributed by atoms with Gasteiger partial charge in [-0.2, -0.15) is 0 Å². The van der Waals surface area contributed by atoms with Crippen LogP contribution in [-0.4, -0.2) is 16.1 Å². The average molecular weight is 277 g/mol. The van der Waals surface area contributed by atoms with E-state index in [9.17, 15) is 0 Å². The summed E-state index contributed by atoms with van der Waals surface area (Å²) in [5, 5.41) is 3.42. The molecule has 0 spiro atoms. The van der Waals surface area contributed by atoms with Crippen molar-refractivity contribution in [3.05, 3.63) is 34.3 Å². The maximum Gasteiger partial charge on any atom is 0.203 e. The second-order valence-electron chi connectivity index (χ2n) is 5.00. The molecule has 0 saturated carbocycles. The minimum Gasteiger partial charge on any atom is -0.356 e. The summed E-state index contributed by atoms with van der Waals surface area (Å²) in [4.78, 5) is 7.24. The molecule has 1 unspecified atom stereocenters. The van der Waals surface area contributed by atoms with Gasteiger partial charge in [0.15, 0.2) is 0 Å². The molecule has 0 fully saturated rings. The smallest absolute Gasteiger partial charge is 0.203 e. The number of rotatable bonds is 7. The van der Waals surface area contributed by atoms with E-state index in [4.69, 9.17) is 0 Å². The van der Waals surface area contributed by atoms with Crippen LogP contribution in [0.2, 0.25) is 0 Å². The standard InChI is InChI=1S/C15H23N3S/c1-4-5-8-16-15-17-9-10-18(15)12(2)11-14-7-6-13(3)19-14/h6-7,9-10,12H,4-5,8,11H2,1-3H3,(H,16,17). The SMILES string of the molecule is CCCCNc1nccn1C(C)Cc1ccc(C)s1. The van der Waals surface area contributed by atoms with E-state index in [1.807, 2.05) is 17.5 Å². The normalized spacial score (nSPS) is 12.6. The van der Waals surface area contributed by atoms with E-state index in [1.54, 1.807) is 0 Å². The van der Waals surface area contributed by atoms with Crippen LogP contribution in [0.5, 0.6) is 0 Å². The first-order valence-electron chi connectivity index (χ1n) is 7.02. The number of aromatic nitrogens is 2. The second kappa shape index (κ2) is 6.75. The minimum atomic E-state index is 0.435. The molecule has 2 aromatic rings. The van der Waals surface area contributed by atoms with Gasteiger partial charge in [0.05, 0.1) is 0 Å². The molecular weight excluding hydrogens is 254 g/mol. The molecule has 0 aliphatic carbocycles. The van der Waals surface area contributed by atoms with Crippen LogP contribution in [0.25, 0.3) is 0 Å². The van der Waals surface area contributed by atoms with Crippen LogP contribution < -0.4 is 5.32 Å². The van der Waals surface area contributed by atoms with Crippen molar-refractivity contribution < 1.29 is 0 Å². The van der Waals surface area contributed by atoms with Gasteiger partial charge in [0, 0.05) is 41.2 Å². The maximum absolute atomic E-state index is 4.41. The van der Waals surface area contributed by atoms with Crippen molar-refractivity contribution in [1.29, 1.82) is 0 Å². The van der Waals surface area contributed by atoms with E-state index in [0.717, 1.165) is 18.9 Å². The number of imidazole rings is 1. The lowest BCUT2D eigenvalue weighted by Crippen LogP contribution is -2.13. The molecule has 19 heavy (non-hydrogen) atoms. The fraction of sp³-hybridized carbons (Fsp3) is 0.533. The number of anilines is 1. The lowest BCUT2D eigenvalue weighted by atomic mass is 10.2. The molecule has 0 bridgehead atoms. The predicted molar refractivity (Wildman–Crippen MR) is 83.1 cm³/mol. The first-order valence-corrected chi connectivity index (χ1v) is 7.84. The molecule has 0 radical (unpaired) electrons. The van der Waals surface area contributed by atoms with E-state index in [0.29, 0.717) is 6.04 Å². The van der Waals surface area contributed by atoms with Crippen LogP contribution in [0.1, 0.15) is 42.5 Å².